The van der Waals surface area contributed by atoms with Crippen molar-refractivity contribution in [3.63, 3.8) is 0 Å². The van der Waals surface area contributed by atoms with Crippen molar-refractivity contribution in [3.05, 3.63) is 90.3 Å². The lowest BCUT2D eigenvalue weighted by Gasteiger charge is -2.26. The number of benzene rings is 3. The summed E-state index contributed by atoms with van der Waals surface area (Å²) in [4.78, 5) is 30.8. The Hall–Kier alpha value is -5.45. The first-order chi connectivity index (χ1) is 20.3. The van der Waals surface area contributed by atoms with Gasteiger partial charge in [0.2, 0.25) is 17.4 Å². The number of nitrogens with zero attached hydrogens (tertiary/aromatic N) is 4. The monoisotopic (exact) mass is 570 g/mol. The van der Waals surface area contributed by atoms with E-state index in [4.69, 9.17) is 28.9 Å². The second-order valence-corrected chi connectivity index (χ2v) is 9.28. The van der Waals surface area contributed by atoms with Gasteiger partial charge in [-0.05, 0) is 35.9 Å². The van der Waals surface area contributed by atoms with Crippen molar-refractivity contribution in [1.82, 2.24) is 14.8 Å². The molecule has 0 spiro atoms. The van der Waals surface area contributed by atoms with Crippen LogP contribution in [0, 0.1) is 0 Å². The summed E-state index contributed by atoms with van der Waals surface area (Å²) in [7, 11) is 4.49. The SMILES string of the molecule is COc1ccc(-c2cc(C3=CN(C(C)=O)N(c4cc(OC)c(OC(C)=O)c(OC)c4)O3)n(Cc3ccccc3)n2)cc1. The van der Waals surface area contributed by atoms with Crippen LogP contribution >= 0.6 is 0 Å². The molecule has 1 amide bonds. The highest BCUT2D eigenvalue weighted by Gasteiger charge is 2.33. The van der Waals surface area contributed by atoms with Crippen LogP contribution in [0.4, 0.5) is 5.69 Å². The van der Waals surface area contributed by atoms with Crippen LogP contribution in [0.25, 0.3) is 17.0 Å². The van der Waals surface area contributed by atoms with E-state index in [-0.39, 0.29) is 23.2 Å². The van der Waals surface area contributed by atoms with Gasteiger partial charge in [0.05, 0.1) is 39.8 Å². The fourth-order valence-electron chi connectivity index (χ4n) is 4.45. The van der Waals surface area contributed by atoms with Gasteiger partial charge in [-0.3, -0.25) is 14.3 Å². The van der Waals surface area contributed by atoms with Crippen LogP contribution in [0.2, 0.25) is 0 Å². The molecule has 2 heterocycles. The Morgan fingerprint density at radius 3 is 2.10 bits per heavy atom. The highest BCUT2D eigenvalue weighted by Crippen LogP contribution is 2.43. The largest absolute Gasteiger partial charge is 0.497 e. The summed E-state index contributed by atoms with van der Waals surface area (Å²) >= 11 is 0. The van der Waals surface area contributed by atoms with Crippen molar-refractivity contribution < 1.29 is 33.4 Å². The second-order valence-electron chi connectivity index (χ2n) is 9.28. The molecule has 11 nitrogen and oxygen atoms in total. The maximum absolute atomic E-state index is 12.8. The molecule has 0 fully saturated rings. The first-order valence-electron chi connectivity index (χ1n) is 13.0. The maximum atomic E-state index is 12.8. The van der Waals surface area contributed by atoms with Crippen molar-refractivity contribution in [3.8, 4) is 34.3 Å². The minimum absolute atomic E-state index is 0.114. The van der Waals surface area contributed by atoms with Gasteiger partial charge in [0.25, 0.3) is 0 Å². The highest BCUT2D eigenvalue weighted by atomic mass is 16.7. The number of carbonyl (C=O) groups is 2. The first-order valence-corrected chi connectivity index (χ1v) is 13.0. The van der Waals surface area contributed by atoms with Crippen LogP contribution in [0.5, 0.6) is 23.0 Å². The third-order valence-electron chi connectivity index (χ3n) is 6.45. The number of hydrazine groups is 1. The summed E-state index contributed by atoms with van der Waals surface area (Å²) in [6, 6.07) is 22.6. The molecule has 5 rings (SSSR count). The lowest BCUT2D eigenvalue weighted by atomic mass is 10.1. The van der Waals surface area contributed by atoms with E-state index in [2.05, 4.69) is 0 Å². The molecule has 0 radical (unpaired) electrons. The van der Waals surface area contributed by atoms with Crippen molar-refractivity contribution in [2.75, 3.05) is 26.5 Å². The number of methoxy groups -OCH3 is 3. The Morgan fingerprint density at radius 1 is 0.857 bits per heavy atom. The summed E-state index contributed by atoms with van der Waals surface area (Å²) < 4.78 is 23.4. The molecule has 0 unspecified atom stereocenters. The van der Waals surface area contributed by atoms with Gasteiger partial charge in [0.1, 0.15) is 17.1 Å². The van der Waals surface area contributed by atoms with Gasteiger partial charge in [-0.25, -0.2) is 0 Å². The zero-order chi connectivity index (χ0) is 29.8. The van der Waals surface area contributed by atoms with Crippen LogP contribution in [0.1, 0.15) is 25.1 Å². The molecule has 42 heavy (non-hydrogen) atoms. The van der Waals surface area contributed by atoms with Gasteiger partial charge in [-0.2, -0.15) is 10.1 Å². The van der Waals surface area contributed by atoms with Crippen LogP contribution in [-0.2, 0) is 21.0 Å². The molecular weight excluding hydrogens is 540 g/mol. The predicted molar refractivity (Wildman–Crippen MR) is 155 cm³/mol. The lowest BCUT2D eigenvalue weighted by Crippen LogP contribution is -2.37. The Morgan fingerprint density at radius 2 is 1.52 bits per heavy atom. The quantitative estimate of drug-likeness (QED) is 0.202. The van der Waals surface area contributed by atoms with E-state index in [0.717, 1.165) is 22.6 Å². The fourth-order valence-corrected chi connectivity index (χ4v) is 4.45. The van der Waals surface area contributed by atoms with E-state index in [1.807, 2.05) is 65.3 Å². The molecule has 1 aromatic heterocycles. The van der Waals surface area contributed by atoms with E-state index in [1.165, 1.54) is 38.2 Å². The molecule has 0 saturated heterocycles. The average molecular weight is 571 g/mol. The average Bonchev–Trinajstić information content (AvgIpc) is 3.62. The van der Waals surface area contributed by atoms with Crippen molar-refractivity contribution >= 4 is 23.3 Å². The molecular formula is C31H30N4O7. The number of aromatic nitrogens is 2. The molecule has 0 aliphatic carbocycles. The van der Waals surface area contributed by atoms with E-state index in [9.17, 15) is 9.59 Å². The van der Waals surface area contributed by atoms with Gasteiger partial charge in [-0.1, -0.05) is 30.3 Å². The number of hydrogen-bond donors (Lipinski definition) is 0. The van der Waals surface area contributed by atoms with Crippen LogP contribution in [0.15, 0.2) is 79.0 Å². The molecule has 4 aromatic rings. The third-order valence-corrected chi connectivity index (χ3v) is 6.45. The third kappa shape index (κ3) is 5.71. The van der Waals surface area contributed by atoms with Gasteiger partial charge < -0.3 is 23.8 Å². The smallest absolute Gasteiger partial charge is 0.308 e. The van der Waals surface area contributed by atoms with E-state index in [1.54, 1.807) is 25.4 Å². The van der Waals surface area contributed by atoms with Crippen molar-refractivity contribution in [2.24, 2.45) is 0 Å². The molecule has 0 N–H and O–H groups in total. The highest BCUT2D eigenvalue weighted by molar-refractivity contribution is 5.81. The molecule has 1 aliphatic rings. The molecule has 3 aromatic carbocycles. The Balaban J connectivity index is 1.56. The molecule has 11 heteroatoms. The van der Waals surface area contributed by atoms with Gasteiger partial charge in [0.15, 0.2) is 11.5 Å². The van der Waals surface area contributed by atoms with Gasteiger partial charge >= 0.3 is 5.97 Å². The van der Waals surface area contributed by atoms with Crippen molar-refractivity contribution in [1.29, 1.82) is 0 Å². The number of hydrogen-bond acceptors (Lipinski definition) is 9. The van der Waals surface area contributed by atoms with Crippen LogP contribution in [0.3, 0.4) is 0 Å². The minimum atomic E-state index is -0.537. The summed E-state index contributed by atoms with van der Waals surface area (Å²) in [6.07, 6.45) is 1.59. The summed E-state index contributed by atoms with van der Waals surface area (Å²) in [5, 5.41) is 7.52. The van der Waals surface area contributed by atoms with Gasteiger partial charge in [0, 0.05) is 31.5 Å². The van der Waals surface area contributed by atoms with Gasteiger partial charge in [-0.15, -0.1) is 5.17 Å². The Kier molecular flexibility index (Phi) is 8.00. The van der Waals surface area contributed by atoms with E-state index in [0.29, 0.717) is 23.7 Å². The maximum Gasteiger partial charge on any atom is 0.308 e. The molecule has 216 valence electrons. The van der Waals surface area contributed by atoms with E-state index < -0.39 is 5.97 Å². The zero-order valence-electron chi connectivity index (χ0n) is 23.9. The number of anilines is 1. The fraction of sp³-hybridized carbons (Fsp3) is 0.194. The standard InChI is InChI=1S/C31H30N4O7/c1-20(36)34-19-30(42-35(34)24-15-28(39-4)31(41-21(2)37)29(16-24)40-5)27-17-26(23-11-13-25(38-3)14-12-23)32-33(27)18-22-9-7-6-8-10-22/h6-17,19H,18H2,1-5H3. The summed E-state index contributed by atoms with van der Waals surface area (Å²) in [5.41, 5.74) is 3.69. The Labute approximate surface area is 242 Å². The number of rotatable bonds is 9. The second kappa shape index (κ2) is 12.0. The number of ether oxygens (including phenoxy) is 4. The van der Waals surface area contributed by atoms with Crippen LogP contribution < -0.4 is 24.1 Å². The minimum Gasteiger partial charge on any atom is -0.497 e. The summed E-state index contributed by atoms with van der Waals surface area (Å²) in [6.45, 7) is 3.16. The normalized spacial score (nSPS) is 12.5. The molecule has 0 saturated carbocycles. The predicted octanol–water partition coefficient (Wildman–Crippen LogP) is 5.06. The number of amides is 1. The molecule has 0 bridgehead atoms. The van der Waals surface area contributed by atoms with Crippen LogP contribution in [-0.4, -0.2) is 48.0 Å². The topological polar surface area (TPSA) is 105 Å². The molecule has 1 aliphatic heterocycles. The van der Waals surface area contributed by atoms with Crippen molar-refractivity contribution in [2.45, 2.75) is 20.4 Å². The lowest BCUT2D eigenvalue weighted by molar-refractivity contribution is -0.132. The number of esters is 1. The Bertz CT molecular complexity index is 1610. The number of carbonyl (C=O) groups excluding carboxylic acids is 2. The zero-order valence-corrected chi connectivity index (χ0v) is 23.9. The molecule has 0 atom stereocenters. The van der Waals surface area contributed by atoms with E-state index >= 15 is 0 Å². The first kappa shape index (κ1) is 28.1. The summed E-state index contributed by atoms with van der Waals surface area (Å²) in [5.74, 6) is 0.829.